The first-order chi connectivity index (χ1) is 10.0. The Kier molecular flexibility index (Phi) is 6.51. The molecule has 3 nitrogen and oxygen atoms in total. The molecule has 1 saturated heterocycles. The molecule has 1 fully saturated rings. The van der Waals surface area contributed by atoms with Gasteiger partial charge in [0.25, 0.3) is 0 Å². The number of halogens is 2. The highest BCUT2D eigenvalue weighted by atomic mass is 79.9. The lowest BCUT2D eigenvalue weighted by Gasteiger charge is -2.39. The molecule has 5 heteroatoms. The van der Waals surface area contributed by atoms with Crippen molar-refractivity contribution in [2.24, 2.45) is 0 Å². The van der Waals surface area contributed by atoms with E-state index in [4.69, 9.17) is 16.3 Å². The van der Waals surface area contributed by atoms with Gasteiger partial charge in [0, 0.05) is 34.7 Å². The van der Waals surface area contributed by atoms with Crippen LogP contribution in [0.1, 0.15) is 19.4 Å². The molecule has 0 radical (unpaired) electrons. The lowest BCUT2D eigenvalue weighted by Crippen LogP contribution is -2.53. The van der Waals surface area contributed by atoms with Crippen LogP contribution < -0.4 is 5.32 Å². The maximum atomic E-state index is 6.34. The zero-order valence-electron chi connectivity index (χ0n) is 12.9. The van der Waals surface area contributed by atoms with Gasteiger partial charge in [-0.05, 0) is 45.0 Å². The molecule has 21 heavy (non-hydrogen) atoms. The molecule has 2 unspecified atom stereocenters. The Balaban J connectivity index is 2.05. The fourth-order valence-corrected chi connectivity index (χ4v) is 3.50. The molecule has 1 aromatic carbocycles. The molecule has 118 valence electrons. The molecular formula is C16H24BrClN2O. The second kappa shape index (κ2) is 7.93. The van der Waals surface area contributed by atoms with Crippen LogP contribution in [-0.2, 0) is 11.2 Å². The SMILES string of the molecule is CNC(Cc1ccc(Br)cc1Cl)C1CN(C(C)C)CCO1. The van der Waals surface area contributed by atoms with E-state index < -0.39 is 0 Å². The van der Waals surface area contributed by atoms with E-state index in [-0.39, 0.29) is 12.1 Å². The molecule has 1 N–H and O–H groups in total. The van der Waals surface area contributed by atoms with Crippen molar-refractivity contribution in [3.05, 3.63) is 33.3 Å². The summed E-state index contributed by atoms with van der Waals surface area (Å²) in [6.45, 7) is 7.26. The molecule has 2 rings (SSSR count). The number of hydrogen-bond donors (Lipinski definition) is 1. The molecule has 0 aliphatic carbocycles. The van der Waals surface area contributed by atoms with E-state index in [1.165, 1.54) is 0 Å². The average Bonchev–Trinajstić information content (AvgIpc) is 2.46. The van der Waals surface area contributed by atoms with Crippen molar-refractivity contribution in [3.8, 4) is 0 Å². The number of nitrogens with zero attached hydrogens (tertiary/aromatic N) is 1. The zero-order valence-corrected chi connectivity index (χ0v) is 15.2. The molecule has 0 amide bonds. The third-order valence-corrected chi connectivity index (χ3v) is 4.97. The molecule has 0 aromatic heterocycles. The fraction of sp³-hybridized carbons (Fsp3) is 0.625. The van der Waals surface area contributed by atoms with E-state index in [0.717, 1.165) is 41.2 Å². The molecule has 1 aromatic rings. The lowest BCUT2D eigenvalue weighted by molar-refractivity contribution is -0.0541. The normalized spacial score (nSPS) is 21.7. The molecule has 1 aliphatic rings. The van der Waals surface area contributed by atoms with Crippen LogP contribution >= 0.6 is 27.5 Å². The zero-order chi connectivity index (χ0) is 15.4. The van der Waals surface area contributed by atoms with Gasteiger partial charge in [0.05, 0.1) is 12.7 Å². The summed E-state index contributed by atoms with van der Waals surface area (Å²) < 4.78 is 7.00. The van der Waals surface area contributed by atoms with Gasteiger partial charge in [0.2, 0.25) is 0 Å². The summed E-state index contributed by atoms with van der Waals surface area (Å²) in [5, 5.41) is 4.21. The monoisotopic (exact) mass is 374 g/mol. The minimum Gasteiger partial charge on any atom is -0.374 e. The molecule has 0 saturated carbocycles. The van der Waals surface area contributed by atoms with Crippen molar-refractivity contribution in [3.63, 3.8) is 0 Å². The van der Waals surface area contributed by atoms with Gasteiger partial charge >= 0.3 is 0 Å². The summed E-state index contributed by atoms with van der Waals surface area (Å²) in [5.74, 6) is 0. The lowest BCUT2D eigenvalue weighted by atomic mass is 9.99. The Labute approximate surface area is 141 Å². The summed E-state index contributed by atoms with van der Waals surface area (Å²) >= 11 is 9.79. The Hall–Kier alpha value is -0.130. The summed E-state index contributed by atoms with van der Waals surface area (Å²) in [6.07, 6.45) is 1.07. The maximum Gasteiger partial charge on any atom is 0.0858 e. The van der Waals surface area contributed by atoms with Crippen LogP contribution in [0.4, 0.5) is 0 Å². The topological polar surface area (TPSA) is 24.5 Å². The minimum absolute atomic E-state index is 0.200. The van der Waals surface area contributed by atoms with Gasteiger partial charge in [-0.3, -0.25) is 4.90 Å². The first-order valence-electron chi connectivity index (χ1n) is 7.48. The summed E-state index contributed by atoms with van der Waals surface area (Å²) in [7, 11) is 2.00. The highest BCUT2D eigenvalue weighted by Crippen LogP contribution is 2.24. The molecule has 0 spiro atoms. The number of ether oxygens (including phenoxy) is 1. The smallest absolute Gasteiger partial charge is 0.0858 e. The van der Waals surface area contributed by atoms with Crippen molar-refractivity contribution < 1.29 is 4.74 Å². The summed E-state index contributed by atoms with van der Waals surface area (Å²) in [4.78, 5) is 2.47. The van der Waals surface area contributed by atoms with E-state index in [0.29, 0.717) is 6.04 Å². The Bertz CT molecular complexity index is 470. The average molecular weight is 376 g/mol. The highest BCUT2D eigenvalue weighted by Gasteiger charge is 2.28. The van der Waals surface area contributed by atoms with Crippen molar-refractivity contribution >= 4 is 27.5 Å². The first kappa shape index (κ1) is 17.2. The molecule has 1 heterocycles. The number of morpholine rings is 1. The Morgan fingerprint density at radius 3 is 2.86 bits per heavy atom. The third-order valence-electron chi connectivity index (χ3n) is 4.13. The van der Waals surface area contributed by atoms with Crippen LogP contribution in [0.3, 0.4) is 0 Å². The highest BCUT2D eigenvalue weighted by molar-refractivity contribution is 9.10. The van der Waals surface area contributed by atoms with Gasteiger partial charge in [0.15, 0.2) is 0 Å². The number of nitrogens with one attached hydrogen (secondary N) is 1. The van der Waals surface area contributed by atoms with Gasteiger partial charge in [-0.1, -0.05) is 33.6 Å². The largest absolute Gasteiger partial charge is 0.374 e. The van der Waals surface area contributed by atoms with E-state index in [1.807, 2.05) is 19.2 Å². The van der Waals surface area contributed by atoms with Crippen molar-refractivity contribution in [1.82, 2.24) is 10.2 Å². The number of hydrogen-bond acceptors (Lipinski definition) is 3. The van der Waals surface area contributed by atoms with Crippen LogP contribution in [0.5, 0.6) is 0 Å². The summed E-state index contributed by atoms with van der Waals surface area (Å²) in [6, 6.07) is 6.90. The Morgan fingerprint density at radius 1 is 1.48 bits per heavy atom. The van der Waals surface area contributed by atoms with Crippen molar-refractivity contribution in [2.45, 2.75) is 38.5 Å². The number of rotatable bonds is 5. The summed E-state index contributed by atoms with van der Waals surface area (Å²) in [5.41, 5.74) is 1.16. The maximum absolute atomic E-state index is 6.34. The second-order valence-electron chi connectivity index (χ2n) is 5.83. The Morgan fingerprint density at radius 2 is 2.24 bits per heavy atom. The molecule has 1 aliphatic heterocycles. The van der Waals surface area contributed by atoms with Gasteiger partial charge in [0.1, 0.15) is 0 Å². The van der Waals surface area contributed by atoms with Crippen LogP contribution in [0.2, 0.25) is 5.02 Å². The number of benzene rings is 1. The van der Waals surface area contributed by atoms with E-state index in [1.54, 1.807) is 0 Å². The predicted octanol–water partition coefficient (Wildman–Crippen LogP) is 3.34. The van der Waals surface area contributed by atoms with Crippen LogP contribution in [0, 0.1) is 0 Å². The van der Waals surface area contributed by atoms with Gasteiger partial charge < -0.3 is 10.1 Å². The quantitative estimate of drug-likeness (QED) is 0.854. The second-order valence-corrected chi connectivity index (χ2v) is 7.16. The van der Waals surface area contributed by atoms with E-state index in [2.05, 4.69) is 46.1 Å². The van der Waals surface area contributed by atoms with E-state index >= 15 is 0 Å². The van der Waals surface area contributed by atoms with Crippen LogP contribution in [0.25, 0.3) is 0 Å². The predicted molar refractivity (Wildman–Crippen MR) is 92.2 cm³/mol. The third kappa shape index (κ3) is 4.67. The fourth-order valence-electron chi connectivity index (χ4n) is 2.75. The van der Waals surface area contributed by atoms with Crippen LogP contribution in [0.15, 0.2) is 22.7 Å². The van der Waals surface area contributed by atoms with Gasteiger partial charge in [-0.25, -0.2) is 0 Å². The van der Waals surface area contributed by atoms with Crippen molar-refractivity contribution in [1.29, 1.82) is 0 Å². The first-order valence-corrected chi connectivity index (χ1v) is 8.65. The van der Waals surface area contributed by atoms with Gasteiger partial charge in [-0.2, -0.15) is 0 Å². The van der Waals surface area contributed by atoms with Crippen molar-refractivity contribution in [2.75, 3.05) is 26.7 Å². The van der Waals surface area contributed by atoms with Gasteiger partial charge in [-0.15, -0.1) is 0 Å². The molecule has 0 bridgehead atoms. The standard InChI is InChI=1S/C16H24BrClN2O/c1-11(2)20-6-7-21-16(10-20)15(19-3)8-12-4-5-13(17)9-14(12)18/h4-5,9,11,15-16,19H,6-8,10H2,1-3H3. The van der Waals surface area contributed by atoms with E-state index in [9.17, 15) is 0 Å². The minimum atomic E-state index is 0.200. The molecular weight excluding hydrogens is 352 g/mol. The molecule has 2 atom stereocenters. The van der Waals surface area contributed by atoms with Crippen LogP contribution in [-0.4, -0.2) is 49.8 Å². The number of likely N-dealkylation sites (N-methyl/N-ethyl adjacent to an activating group) is 1.